The van der Waals surface area contributed by atoms with Crippen LogP contribution in [0.4, 0.5) is 0 Å². The second-order valence-corrected chi connectivity index (χ2v) is 6.24. The third kappa shape index (κ3) is 2.64. The van der Waals surface area contributed by atoms with E-state index in [4.69, 9.17) is 10.9 Å². The van der Waals surface area contributed by atoms with Crippen molar-refractivity contribution in [1.29, 1.82) is 0 Å². The quantitative estimate of drug-likeness (QED) is 0.205. The number of hydrogen-bond donors (Lipinski definition) is 2. The van der Waals surface area contributed by atoms with Crippen LogP contribution in [-0.2, 0) is 0 Å². The van der Waals surface area contributed by atoms with Crippen LogP contribution in [0.15, 0.2) is 34.2 Å². The van der Waals surface area contributed by atoms with Gasteiger partial charge in [-0.15, -0.1) is 0 Å². The van der Waals surface area contributed by atoms with Crippen molar-refractivity contribution in [2.75, 3.05) is 0 Å². The molecule has 0 aliphatic rings. The van der Waals surface area contributed by atoms with E-state index in [9.17, 15) is 0 Å². The number of nitrogens with two attached hydrogens (primary N) is 1. The smallest absolute Gasteiger partial charge is 0.171 e. The van der Waals surface area contributed by atoms with Gasteiger partial charge in [0.05, 0.1) is 0 Å². The fraction of sp³-hybridized carbons (Fsp3) is 0. The van der Waals surface area contributed by atoms with Gasteiger partial charge in [0.15, 0.2) is 5.84 Å². The third-order valence-corrected chi connectivity index (χ3v) is 5.79. The topological polar surface area (TPSA) is 76.4 Å². The average molecular weight is 533 g/mol. The molecule has 0 radical (unpaired) electrons. The highest BCUT2D eigenvalue weighted by Gasteiger charge is 2.10. The highest BCUT2D eigenvalue weighted by atomic mass is 127. The maximum Gasteiger partial charge on any atom is 0.171 e. The Labute approximate surface area is 139 Å². The standard InChI is InChI=1S/C10H7BrI2N4O/c11-7-3-5(1-2-6(7)10(14)16-18)17-4-15-8(12)9(17)13/h1-4,18H,(H2,14,16). The van der Waals surface area contributed by atoms with Crippen molar-refractivity contribution >= 4 is 66.9 Å². The Morgan fingerprint density at radius 3 is 2.67 bits per heavy atom. The molecule has 0 saturated carbocycles. The van der Waals surface area contributed by atoms with Crippen molar-refractivity contribution in [3.8, 4) is 5.69 Å². The maximum absolute atomic E-state index is 8.67. The van der Waals surface area contributed by atoms with E-state index in [0.29, 0.717) is 5.56 Å². The number of nitrogens with zero attached hydrogens (tertiary/aromatic N) is 3. The molecule has 0 unspecified atom stereocenters. The van der Waals surface area contributed by atoms with Crippen LogP contribution < -0.4 is 5.73 Å². The van der Waals surface area contributed by atoms with Crippen LogP contribution in [0, 0.1) is 7.40 Å². The largest absolute Gasteiger partial charge is 0.409 e. The summed E-state index contributed by atoms with van der Waals surface area (Å²) >= 11 is 7.82. The van der Waals surface area contributed by atoms with E-state index in [0.717, 1.165) is 17.6 Å². The molecular formula is C10H7BrI2N4O. The fourth-order valence-corrected chi connectivity index (χ4v) is 2.90. The second kappa shape index (κ2) is 5.74. The van der Waals surface area contributed by atoms with Crippen molar-refractivity contribution < 1.29 is 5.21 Å². The molecule has 0 fully saturated rings. The van der Waals surface area contributed by atoms with Crippen molar-refractivity contribution in [3.05, 3.63) is 42.0 Å². The molecule has 2 rings (SSSR count). The minimum atomic E-state index is 0.0725. The molecule has 8 heteroatoms. The molecule has 18 heavy (non-hydrogen) atoms. The average Bonchev–Trinajstić information content (AvgIpc) is 2.69. The van der Waals surface area contributed by atoms with E-state index in [1.807, 2.05) is 16.7 Å². The van der Waals surface area contributed by atoms with E-state index in [1.54, 1.807) is 12.4 Å². The molecule has 94 valence electrons. The van der Waals surface area contributed by atoms with Gasteiger partial charge in [-0.2, -0.15) is 0 Å². The Bertz CT molecular complexity index is 626. The number of benzene rings is 1. The third-order valence-electron chi connectivity index (χ3n) is 2.28. The molecule has 0 spiro atoms. The van der Waals surface area contributed by atoms with Crippen LogP contribution in [0.3, 0.4) is 0 Å². The van der Waals surface area contributed by atoms with Crippen LogP contribution in [0.1, 0.15) is 5.56 Å². The molecule has 0 atom stereocenters. The van der Waals surface area contributed by atoms with Gasteiger partial charge in [0.2, 0.25) is 0 Å². The lowest BCUT2D eigenvalue weighted by atomic mass is 10.2. The molecule has 1 aromatic heterocycles. The van der Waals surface area contributed by atoms with Gasteiger partial charge in [0, 0.05) is 15.7 Å². The van der Waals surface area contributed by atoms with E-state index in [1.165, 1.54) is 0 Å². The fourth-order valence-electron chi connectivity index (χ4n) is 1.41. The second-order valence-electron chi connectivity index (χ2n) is 3.35. The number of rotatable bonds is 2. The van der Waals surface area contributed by atoms with Gasteiger partial charge < -0.3 is 10.9 Å². The molecule has 3 N–H and O–H groups in total. The first-order valence-corrected chi connectivity index (χ1v) is 7.65. The molecular weight excluding hydrogens is 526 g/mol. The molecule has 0 bridgehead atoms. The van der Waals surface area contributed by atoms with Crippen LogP contribution in [0.2, 0.25) is 0 Å². The van der Waals surface area contributed by atoms with Gasteiger partial charge in [-0.1, -0.05) is 5.16 Å². The molecule has 1 aromatic carbocycles. The van der Waals surface area contributed by atoms with E-state index < -0.39 is 0 Å². The highest BCUT2D eigenvalue weighted by Crippen LogP contribution is 2.24. The summed E-state index contributed by atoms with van der Waals surface area (Å²) in [4.78, 5) is 4.23. The summed E-state index contributed by atoms with van der Waals surface area (Å²) in [5.74, 6) is 0.0725. The molecule has 5 nitrogen and oxygen atoms in total. The summed E-state index contributed by atoms with van der Waals surface area (Å²) in [6.07, 6.45) is 1.76. The summed E-state index contributed by atoms with van der Waals surface area (Å²) in [6.45, 7) is 0. The van der Waals surface area contributed by atoms with E-state index in [-0.39, 0.29) is 5.84 Å². The van der Waals surface area contributed by atoms with E-state index >= 15 is 0 Å². The van der Waals surface area contributed by atoms with Gasteiger partial charge in [-0.3, -0.25) is 4.57 Å². The van der Waals surface area contributed by atoms with Gasteiger partial charge in [0.1, 0.15) is 13.7 Å². The summed E-state index contributed by atoms with van der Waals surface area (Å²) in [5.41, 5.74) is 7.17. The van der Waals surface area contributed by atoms with Crippen molar-refractivity contribution in [3.63, 3.8) is 0 Å². The number of hydrogen-bond acceptors (Lipinski definition) is 3. The minimum absolute atomic E-state index is 0.0725. The zero-order chi connectivity index (χ0) is 13.3. The predicted molar refractivity (Wildman–Crippen MR) is 89.2 cm³/mol. The zero-order valence-electron chi connectivity index (χ0n) is 8.81. The summed E-state index contributed by atoms with van der Waals surface area (Å²) in [6, 6.07) is 5.57. The molecule has 0 aliphatic carbocycles. The number of aromatic nitrogens is 2. The first kappa shape index (κ1) is 14.1. The van der Waals surface area contributed by atoms with Crippen molar-refractivity contribution in [2.45, 2.75) is 0 Å². The lowest BCUT2D eigenvalue weighted by molar-refractivity contribution is 0.318. The normalized spacial score (nSPS) is 11.8. The highest BCUT2D eigenvalue weighted by molar-refractivity contribution is 14.1. The Kier molecular flexibility index (Phi) is 4.48. The monoisotopic (exact) mass is 532 g/mol. The van der Waals surface area contributed by atoms with Crippen LogP contribution in [-0.4, -0.2) is 20.6 Å². The Balaban J connectivity index is 2.50. The van der Waals surface area contributed by atoms with Gasteiger partial charge in [-0.05, 0) is 79.3 Å². The number of amidine groups is 1. The van der Waals surface area contributed by atoms with Gasteiger partial charge >= 0.3 is 0 Å². The first-order valence-electron chi connectivity index (χ1n) is 4.70. The summed E-state index contributed by atoms with van der Waals surface area (Å²) in [7, 11) is 0. The van der Waals surface area contributed by atoms with Gasteiger partial charge in [0.25, 0.3) is 0 Å². The molecule has 0 saturated heterocycles. The van der Waals surface area contributed by atoms with Crippen LogP contribution in [0.25, 0.3) is 5.69 Å². The Hall–Kier alpha value is -0.360. The first-order chi connectivity index (χ1) is 8.54. The Morgan fingerprint density at radius 1 is 1.44 bits per heavy atom. The lowest BCUT2D eigenvalue weighted by Gasteiger charge is -2.08. The van der Waals surface area contributed by atoms with Crippen molar-refractivity contribution in [2.24, 2.45) is 10.9 Å². The van der Waals surface area contributed by atoms with Crippen LogP contribution >= 0.6 is 61.1 Å². The summed E-state index contributed by atoms with van der Waals surface area (Å²) in [5, 5.41) is 11.7. The predicted octanol–water partition coefficient (Wildman–Crippen LogP) is 2.94. The van der Waals surface area contributed by atoms with Gasteiger partial charge in [-0.25, -0.2) is 4.98 Å². The number of oxime groups is 1. The number of imidazole rings is 1. The molecule has 1 heterocycles. The molecule has 2 aromatic rings. The molecule has 0 amide bonds. The van der Waals surface area contributed by atoms with E-state index in [2.05, 4.69) is 71.3 Å². The number of halogens is 3. The zero-order valence-corrected chi connectivity index (χ0v) is 14.7. The van der Waals surface area contributed by atoms with Crippen molar-refractivity contribution in [1.82, 2.24) is 9.55 Å². The molecule has 0 aliphatic heterocycles. The minimum Gasteiger partial charge on any atom is -0.409 e. The maximum atomic E-state index is 8.67. The lowest BCUT2D eigenvalue weighted by Crippen LogP contribution is -2.14. The Morgan fingerprint density at radius 2 is 2.17 bits per heavy atom. The van der Waals surface area contributed by atoms with Crippen LogP contribution in [0.5, 0.6) is 0 Å². The SMILES string of the molecule is N/C(=N/O)c1ccc(-n2cnc(I)c2I)cc1Br. The summed E-state index contributed by atoms with van der Waals surface area (Å²) < 4.78 is 4.71.